The van der Waals surface area contributed by atoms with Gasteiger partial charge < -0.3 is 9.26 Å². The molecule has 0 aliphatic heterocycles. The van der Waals surface area contributed by atoms with E-state index in [0.717, 1.165) is 27.1 Å². The molecular formula is C20H17N3O3S. The highest BCUT2D eigenvalue weighted by molar-refractivity contribution is 7.22. The van der Waals surface area contributed by atoms with Crippen LogP contribution in [0.25, 0.3) is 21.5 Å². The van der Waals surface area contributed by atoms with Crippen molar-refractivity contribution in [3.05, 3.63) is 59.3 Å². The first kappa shape index (κ1) is 17.2. The number of fused-ring (bicyclic) bond motifs is 1. The lowest BCUT2D eigenvalue weighted by atomic mass is 10.1. The van der Waals surface area contributed by atoms with E-state index in [0.29, 0.717) is 10.9 Å². The molecule has 0 saturated heterocycles. The molecule has 0 radical (unpaired) electrons. The summed E-state index contributed by atoms with van der Waals surface area (Å²) < 4.78 is 11.5. The predicted octanol–water partition coefficient (Wildman–Crippen LogP) is 4.83. The molecule has 2 aromatic heterocycles. The Morgan fingerprint density at radius 3 is 2.67 bits per heavy atom. The fourth-order valence-electron chi connectivity index (χ4n) is 2.86. The van der Waals surface area contributed by atoms with Gasteiger partial charge in [0.1, 0.15) is 5.75 Å². The minimum Gasteiger partial charge on any atom is -0.497 e. The van der Waals surface area contributed by atoms with Gasteiger partial charge in [-0.3, -0.25) is 10.1 Å². The van der Waals surface area contributed by atoms with Crippen LogP contribution in [-0.4, -0.2) is 23.2 Å². The summed E-state index contributed by atoms with van der Waals surface area (Å²) in [6.45, 7) is 4.06. The van der Waals surface area contributed by atoms with Crippen LogP contribution in [0, 0.1) is 13.8 Å². The van der Waals surface area contributed by atoms with Crippen LogP contribution in [0.1, 0.15) is 21.6 Å². The van der Waals surface area contributed by atoms with Crippen molar-refractivity contribution in [2.75, 3.05) is 12.4 Å². The third kappa shape index (κ3) is 3.41. The van der Waals surface area contributed by atoms with Crippen molar-refractivity contribution in [2.45, 2.75) is 13.8 Å². The number of ether oxygens (including phenoxy) is 1. The number of hydrogen-bond acceptors (Lipinski definition) is 6. The molecule has 7 heteroatoms. The summed E-state index contributed by atoms with van der Waals surface area (Å²) in [7, 11) is 1.61. The predicted molar refractivity (Wildman–Crippen MR) is 106 cm³/mol. The van der Waals surface area contributed by atoms with Crippen LogP contribution in [0.15, 0.2) is 47.0 Å². The third-order valence-electron chi connectivity index (χ3n) is 4.17. The number of amides is 1. The minimum absolute atomic E-state index is 0.202. The number of benzene rings is 2. The molecule has 27 heavy (non-hydrogen) atoms. The van der Waals surface area contributed by atoms with Crippen molar-refractivity contribution in [1.82, 2.24) is 10.1 Å². The number of carbonyl (C=O) groups excluding carboxylic acids is 1. The summed E-state index contributed by atoms with van der Waals surface area (Å²) in [4.78, 5) is 17.0. The van der Waals surface area contributed by atoms with Crippen molar-refractivity contribution in [1.29, 1.82) is 0 Å². The largest absolute Gasteiger partial charge is 0.497 e. The van der Waals surface area contributed by atoms with E-state index in [2.05, 4.69) is 27.6 Å². The monoisotopic (exact) mass is 379 g/mol. The lowest BCUT2D eigenvalue weighted by molar-refractivity contribution is 0.101. The van der Waals surface area contributed by atoms with Gasteiger partial charge in [-0.05, 0) is 55.3 Å². The van der Waals surface area contributed by atoms with E-state index in [1.165, 1.54) is 16.9 Å². The number of hydrogen-bond donors (Lipinski definition) is 1. The second-order valence-corrected chi connectivity index (χ2v) is 7.24. The number of nitrogens with zero attached hydrogens (tertiary/aromatic N) is 2. The zero-order valence-electron chi connectivity index (χ0n) is 15.1. The van der Waals surface area contributed by atoms with Gasteiger partial charge in [0.25, 0.3) is 5.91 Å². The van der Waals surface area contributed by atoms with E-state index < -0.39 is 0 Å². The van der Waals surface area contributed by atoms with Gasteiger partial charge in [0.05, 0.1) is 17.3 Å². The van der Waals surface area contributed by atoms with Crippen molar-refractivity contribution in [3.8, 4) is 17.1 Å². The fraction of sp³-hybridized carbons (Fsp3) is 0.150. The van der Waals surface area contributed by atoms with E-state index in [1.807, 2.05) is 38.1 Å². The first-order valence-corrected chi connectivity index (χ1v) is 9.15. The molecule has 0 spiro atoms. The SMILES string of the molecule is COc1ccc(-c2cc(C(=O)Nc3nc4c(C)cc(C)cc4s3)no2)cc1. The molecule has 4 rings (SSSR count). The van der Waals surface area contributed by atoms with Crippen LogP contribution >= 0.6 is 11.3 Å². The summed E-state index contributed by atoms with van der Waals surface area (Å²) >= 11 is 1.44. The molecule has 136 valence electrons. The first-order chi connectivity index (χ1) is 13.0. The molecule has 0 fully saturated rings. The molecule has 0 saturated carbocycles. The third-order valence-corrected chi connectivity index (χ3v) is 5.09. The number of thiazole rings is 1. The lowest BCUT2D eigenvalue weighted by Gasteiger charge is -1.99. The average molecular weight is 379 g/mol. The highest BCUT2D eigenvalue weighted by Crippen LogP contribution is 2.30. The van der Waals surface area contributed by atoms with Gasteiger partial charge in [-0.25, -0.2) is 4.98 Å². The molecule has 0 bridgehead atoms. The smallest absolute Gasteiger partial charge is 0.279 e. The number of nitrogens with one attached hydrogen (secondary N) is 1. The number of methoxy groups -OCH3 is 1. The van der Waals surface area contributed by atoms with Crippen LogP contribution < -0.4 is 10.1 Å². The summed E-state index contributed by atoms with van der Waals surface area (Å²) in [6.07, 6.45) is 0. The molecule has 2 heterocycles. The summed E-state index contributed by atoms with van der Waals surface area (Å²) in [5.41, 5.74) is 4.17. The van der Waals surface area contributed by atoms with Crippen molar-refractivity contribution in [3.63, 3.8) is 0 Å². The van der Waals surface area contributed by atoms with Crippen molar-refractivity contribution in [2.24, 2.45) is 0 Å². The number of aryl methyl sites for hydroxylation is 2. The Balaban J connectivity index is 1.55. The molecule has 1 amide bonds. The first-order valence-electron chi connectivity index (χ1n) is 8.34. The minimum atomic E-state index is -0.355. The van der Waals surface area contributed by atoms with Gasteiger partial charge in [0, 0.05) is 11.6 Å². The van der Waals surface area contributed by atoms with Gasteiger partial charge in [-0.1, -0.05) is 22.6 Å². The van der Waals surface area contributed by atoms with Crippen molar-refractivity contribution >= 4 is 32.6 Å². The van der Waals surface area contributed by atoms with E-state index in [1.54, 1.807) is 13.2 Å². The summed E-state index contributed by atoms with van der Waals surface area (Å²) in [5, 5.41) is 7.22. The normalized spacial score (nSPS) is 10.9. The zero-order valence-corrected chi connectivity index (χ0v) is 15.9. The van der Waals surface area contributed by atoms with E-state index in [4.69, 9.17) is 9.26 Å². The molecule has 2 aromatic carbocycles. The van der Waals surface area contributed by atoms with Gasteiger partial charge in [-0.15, -0.1) is 0 Å². The molecule has 6 nitrogen and oxygen atoms in total. The number of carbonyl (C=O) groups is 1. The molecule has 0 aliphatic carbocycles. The van der Waals surface area contributed by atoms with E-state index in [-0.39, 0.29) is 11.6 Å². The summed E-state index contributed by atoms with van der Waals surface area (Å²) in [5.74, 6) is 0.906. The maximum Gasteiger partial charge on any atom is 0.279 e. The Morgan fingerprint density at radius 1 is 1.15 bits per heavy atom. The van der Waals surface area contributed by atoms with Gasteiger partial charge in [0.15, 0.2) is 16.6 Å². The second kappa shape index (κ2) is 6.85. The van der Waals surface area contributed by atoms with Gasteiger partial charge in [0.2, 0.25) is 0 Å². The number of rotatable bonds is 4. The van der Waals surface area contributed by atoms with Crippen LogP contribution in [0.5, 0.6) is 5.75 Å². The maximum atomic E-state index is 12.5. The standard InChI is InChI=1S/C20H17N3O3S/c1-11-8-12(2)18-17(9-11)27-20(21-18)22-19(24)15-10-16(26-23-15)13-4-6-14(25-3)7-5-13/h4-10H,1-3H3,(H,21,22,24). The Bertz CT molecular complexity index is 1130. The molecule has 0 atom stereocenters. The number of anilines is 1. The van der Waals surface area contributed by atoms with E-state index >= 15 is 0 Å². The van der Waals surface area contributed by atoms with Gasteiger partial charge in [-0.2, -0.15) is 0 Å². The lowest BCUT2D eigenvalue weighted by Crippen LogP contribution is -2.11. The average Bonchev–Trinajstić information content (AvgIpc) is 3.29. The zero-order chi connectivity index (χ0) is 19.0. The quantitative estimate of drug-likeness (QED) is 0.549. The Labute approximate surface area is 159 Å². The van der Waals surface area contributed by atoms with E-state index in [9.17, 15) is 4.79 Å². The Hall–Kier alpha value is -3.19. The summed E-state index contributed by atoms with van der Waals surface area (Å²) in [6, 6.07) is 13.1. The molecule has 0 unspecified atom stereocenters. The fourth-order valence-corrected chi connectivity index (χ4v) is 3.90. The Kier molecular flexibility index (Phi) is 4.37. The highest BCUT2D eigenvalue weighted by Gasteiger charge is 2.16. The van der Waals surface area contributed by atoms with Crippen LogP contribution in [0.4, 0.5) is 5.13 Å². The van der Waals surface area contributed by atoms with Gasteiger partial charge >= 0.3 is 0 Å². The second-order valence-electron chi connectivity index (χ2n) is 6.21. The molecule has 0 aliphatic rings. The Morgan fingerprint density at radius 2 is 1.93 bits per heavy atom. The van der Waals surface area contributed by atoms with Crippen LogP contribution in [-0.2, 0) is 0 Å². The molecular weight excluding hydrogens is 362 g/mol. The van der Waals surface area contributed by atoms with Crippen LogP contribution in [0.3, 0.4) is 0 Å². The maximum absolute atomic E-state index is 12.5. The topological polar surface area (TPSA) is 77.2 Å². The molecule has 1 N–H and O–H groups in total. The van der Waals surface area contributed by atoms with Crippen LogP contribution in [0.2, 0.25) is 0 Å². The highest BCUT2D eigenvalue weighted by atomic mass is 32.1. The number of aromatic nitrogens is 2. The molecule has 4 aromatic rings. The van der Waals surface area contributed by atoms with Crippen molar-refractivity contribution < 1.29 is 14.1 Å².